The lowest BCUT2D eigenvalue weighted by Crippen LogP contribution is -2.51. The third kappa shape index (κ3) is 5.83. The van der Waals surface area contributed by atoms with Crippen LogP contribution in [0.4, 0.5) is 4.39 Å². The molecule has 6 nitrogen and oxygen atoms in total. The molecule has 1 atom stereocenters. The minimum absolute atomic E-state index is 0.0219. The van der Waals surface area contributed by atoms with Crippen molar-refractivity contribution < 1.29 is 23.5 Å². The van der Waals surface area contributed by atoms with E-state index in [1.807, 2.05) is 4.90 Å². The highest BCUT2D eigenvalue weighted by Crippen LogP contribution is 2.36. The van der Waals surface area contributed by atoms with Gasteiger partial charge in [0.1, 0.15) is 5.82 Å². The van der Waals surface area contributed by atoms with Crippen molar-refractivity contribution in [1.82, 2.24) is 9.80 Å². The number of esters is 1. The maximum absolute atomic E-state index is 14.3. The van der Waals surface area contributed by atoms with E-state index < -0.39 is 5.41 Å². The van der Waals surface area contributed by atoms with Crippen molar-refractivity contribution in [3.8, 4) is 0 Å². The fourth-order valence-electron chi connectivity index (χ4n) is 4.70. The second kappa shape index (κ2) is 10.7. The van der Waals surface area contributed by atoms with Gasteiger partial charge in [-0.25, -0.2) is 4.39 Å². The van der Waals surface area contributed by atoms with Gasteiger partial charge in [0.05, 0.1) is 12.0 Å². The van der Waals surface area contributed by atoms with Gasteiger partial charge >= 0.3 is 5.97 Å². The van der Waals surface area contributed by atoms with E-state index in [-0.39, 0.29) is 43.2 Å². The second-order valence-electron chi connectivity index (χ2n) is 8.63. The Morgan fingerprint density at radius 3 is 2.71 bits per heavy atom. The van der Waals surface area contributed by atoms with Gasteiger partial charge in [0.25, 0.3) is 0 Å². The molecule has 0 aromatic heterocycles. The average molecular weight is 433 g/mol. The van der Waals surface area contributed by atoms with E-state index in [0.29, 0.717) is 50.8 Å². The number of rotatable bonds is 8. The van der Waals surface area contributed by atoms with Crippen LogP contribution in [0.2, 0.25) is 0 Å². The highest BCUT2D eigenvalue weighted by Gasteiger charge is 2.45. The van der Waals surface area contributed by atoms with Crippen molar-refractivity contribution in [1.29, 1.82) is 0 Å². The predicted molar refractivity (Wildman–Crippen MR) is 115 cm³/mol. The van der Waals surface area contributed by atoms with Crippen molar-refractivity contribution >= 4 is 17.8 Å². The standard InChI is InChI=1S/C24H33FN2O4/c1-2-31-23(30)24(17-19-9-3-4-10-20(19)25)13-8-16-27(18-24)22(29)12-7-15-26-14-6-5-11-21(26)28/h3-4,9-10H,2,5-8,11-18H2,1H3/t24-/m1/s1. The third-order valence-electron chi connectivity index (χ3n) is 6.36. The summed E-state index contributed by atoms with van der Waals surface area (Å²) in [5, 5.41) is 0. The Morgan fingerprint density at radius 2 is 1.97 bits per heavy atom. The van der Waals surface area contributed by atoms with Gasteiger partial charge in [0, 0.05) is 39.0 Å². The van der Waals surface area contributed by atoms with Crippen LogP contribution in [0, 0.1) is 11.2 Å². The first kappa shape index (κ1) is 23.2. The van der Waals surface area contributed by atoms with Gasteiger partial charge in [-0.1, -0.05) is 18.2 Å². The van der Waals surface area contributed by atoms with Crippen LogP contribution in [-0.2, 0) is 25.5 Å². The summed E-state index contributed by atoms with van der Waals surface area (Å²) in [4.78, 5) is 41.3. The summed E-state index contributed by atoms with van der Waals surface area (Å²) in [5.41, 5.74) is -0.469. The van der Waals surface area contributed by atoms with Crippen LogP contribution in [0.3, 0.4) is 0 Å². The lowest BCUT2D eigenvalue weighted by molar-refractivity contribution is -0.161. The lowest BCUT2D eigenvalue weighted by Gasteiger charge is -2.41. The Balaban J connectivity index is 1.65. The summed E-state index contributed by atoms with van der Waals surface area (Å²) in [6.07, 6.45) is 4.95. The summed E-state index contributed by atoms with van der Waals surface area (Å²) in [5.74, 6) is -0.565. The first-order chi connectivity index (χ1) is 14.9. The number of carbonyl (C=O) groups excluding carboxylic acids is 3. The van der Waals surface area contributed by atoms with Crippen LogP contribution in [0.15, 0.2) is 24.3 Å². The predicted octanol–water partition coefficient (Wildman–Crippen LogP) is 3.33. The van der Waals surface area contributed by atoms with Crippen LogP contribution in [0.1, 0.15) is 57.4 Å². The van der Waals surface area contributed by atoms with E-state index in [1.54, 1.807) is 30.0 Å². The van der Waals surface area contributed by atoms with E-state index in [1.165, 1.54) is 6.07 Å². The number of halogens is 1. The fraction of sp³-hybridized carbons (Fsp3) is 0.625. The van der Waals surface area contributed by atoms with Crippen molar-refractivity contribution in [2.75, 3.05) is 32.8 Å². The van der Waals surface area contributed by atoms with E-state index in [4.69, 9.17) is 4.74 Å². The molecule has 0 N–H and O–H groups in total. The molecule has 2 saturated heterocycles. The summed E-state index contributed by atoms with van der Waals surface area (Å²) in [7, 11) is 0. The normalized spacial score (nSPS) is 21.8. The molecule has 2 aliphatic heterocycles. The highest BCUT2D eigenvalue weighted by molar-refractivity contribution is 5.81. The maximum atomic E-state index is 14.3. The number of amides is 2. The molecule has 0 unspecified atom stereocenters. The Kier molecular flexibility index (Phi) is 8.04. The zero-order valence-electron chi connectivity index (χ0n) is 18.4. The van der Waals surface area contributed by atoms with Crippen molar-refractivity contribution in [3.63, 3.8) is 0 Å². The van der Waals surface area contributed by atoms with Gasteiger partial charge < -0.3 is 14.5 Å². The molecule has 0 aliphatic carbocycles. The number of hydrogen-bond acceptors (Lipinski definition) is 4. The zero-order chi connectivity index (χ0) is 22.3. The summed E-state index contributed by atoms with van der Waals surface area (Å²) in [6, 6.07) is 6.46. The molecule has 0 radical (unpaired) electrons. The molecule has 0 spiro atoms. The first-order valence-corrected chi connectivity index (χ1v) is 11.4. The molecule has 0 bridgehead atoms. The number of likely N-dealkylation sites (tertiary alicyclic amines) is 2. The SMILES string of the molecule is CCOC(=O)[C@@]1(Cc2ccccc2F)CCCN(C(=O)CCCN2CCCCC2=O)C1. The number of hydrogen-bond donors (Lipinski definition) is 0. The smallest absolute Gasteiger partial charge is 0.314 e. The summed E-state index contributed by atoms with van der Waals surface area (Å²) >= 11 is 0. The van der Waals surface area contributed by atoms with Crippen LogP contribution < -0.4 is 0 Å². The highest BCUT2D eigenvalue weighted by atomic mass is 19.1. The van der Waals surface area contributed by atoms with Crippen molar-refractivity contribution in [3.05, 3.63) is 35.6 Å². The Bertz CT molecular complexity index is 800. The first-order valence-electron chi connectivity index (χ1n) is 11.4. The van der Waals surface area contributed by atoms with Gasteiger partial charge in [-0.05, 0) is 57.1 Å². The van der Waals surface area contributed by atoms with Gasteiger partial charge in [0.15, 0.2) is 0 Å². The van der Waals surface area contributed by atoms with Crippen LogP contribution in [-0.4, -0.2) is 60.4 Å². The molecule has 2 amide bonds. The van der Waals surface area contributed by atoms with Gasteiger partial charge in [-0.15, -0.1) is 0 Å². The zero-order valence-corrected chi connectivity index (χ0v) is 18.4. The Labute approximate surface area is 183 Å². The molecule has 2 aliphatic rings. The molecular formula is C24H33FN2O4. The van der Waals surface area contributed by atoms with Crippen molar-refractivity contribution in [2.24, 2.45) is 5.41 Å². The quantitative estimate of drug-likeness (QED) is 0.591. The minimum Gasteiger partial charge on any atom is -0.466 e. The number of carbonyl (C=O) groups is 3. The van der Waals surface area contributed by atoms with E-state index in [9.17, 15) is 18.8 Å². The van der Waals surface area contributed by atoms with Crippen LogP contribution >= 0.6 is 0 Å². The molecule has 170 valence electrons. The maximum Gasteiger partial charge on any atom is 0.314 e. The number of benzene rings is 1. The summed E-state index contributed by atoms with van der Waals surface area (Å²) < 4.78 is 19.7. The lowest BCUT2D eigenvalue weighted by atomic mass is 9.74. The fourth-order valence-corrected chi connectivity index (χ4v) is 4.70. The summed E-state index contributed by atoms with van der Waals surface area (Å²) in [6.45, 7) is 4.18. The van der Waals surface area contributed by atoms with E-state index in [2.05, 4.69) is 0 Å². The van der Waals surface area contributed by atoms with Crippen molar-refractivity contribution in [2.45, 2.75) is 58.3 Å². The van der Waals surface area contributed by atoms with Crippen LogP contribution in [0.5, 0.6) is 0 Å². The largest absolute Gasteiger partial charge is 0.466 e. The van der Waals surface area contributed by atoms with E-state index >= 15 is 0 Å². The Morgan fingerprint density at radius 1 is 1.16 bits per heavy atom. The molecule has 3 rings (SSSR count). The van der Waals surface area contributed by atoms with Gasteiger partial charge in [-0.2, -0.15) is 0 Å². The minimum atomic E-state index is -0.936. The van der Waals surface area contributed by atoms with Gasteiger partial charge in [0.2, 0.25) is 11.8 Å². The topological polar surface area (TPSA) is 66.9 Å². The number of nitrogens with zero attached hydrogens (tertiary/aromatic N) is 2. The van der Waals surface area contributed by atoms with Crippen LogP contribution in [0.25, 0.3) is 0 Å². The third-order valence-corrected chi connectivity index (χ3v) is 6.36. The molecule has 0 saturated carbocycles. The monoisotopic (exact) mass is 432 g/mol. The van der Waals surface area contributed by atoms with E-state index in [0.717, 1.165) is 19.4 Å². The van der Waals surface area contributed by atoms with Gasteiger partial charge in [-0.3, -0.25) is 14.4 Å². The molecule has 2 fully saturated rings. The molecule has 7 heteroatoms. The molecular weight excluding hydrogens is 399 g/mol. The number of ether oxygens (including phenoxy) is 1. The average Bonchev–Trinajstić information content (AvgIpc) is 2.77. The molecule has 1 aromatic carbocycles. The molecule has 2 heterocycles. The molecule has 1 aromatic rings. The Hall–Kier alpha value is -2.44. The number of piperidine rings is 2. The molecule has 31 heavy (non-hydrogen) atoms. The second-order valence-corrected chi connectivity index (χ2v) is 8.63.